The van der Waals surface area contributed by atoms with Crippen LogP contribution < -0.4 is 5.32 Å². The third-order valence-electron chi connectivity index (χ3n) is 4.01. The second-order valence-corrected chi connectivity index (χ2v) is 7.30. The van der Waals surface area contributed by atoms with E-state index >= 15 is 0 Å². The number of halogens is 1. The van der Waals surface area contributed by atoms with Crippen molar-refractivity contribution >= 4 is 29.3 Å². The Labute approximate surface area is 162 Å². The topological polar surface area (TPSA) is 46.9 Å². The number of carbonyl (C=O) groups excluding carboxylic acids is 1. The van der Waals surface area contributed by atoms with Crippen molar-refractivity contribution in [3.63, 3.8) is 0 Å². The SMILES string of the molecule is Cc1nn(-c2ccccc2)c(C)c1SCC(=O)NCc1ccccc1Cl. The molecule has 0 unspecified atom stereocenters. The Bertz CT molecular complexity index is 909. The van der Waals surface area contributed by atoms with Crippen LogP contribution in [0, 0.1) is 13.8 Å². The molecular weight excluding hydrogens is 366 g/mol. The Hall–Kier alpha value is -2.24. The summed E-state index contributed by atoms with van der Waals surface area (Å²) in [5.74, 6) is 0.313. The first kappa shape index (κ1) is 18.5. The average Bonchev–Trinajstić information content (AvgIpc) is 2.94. The maximum absolute atomic E-state index is 12.2. The Kier molecular flexibility index (Phi) is 6.01. The first-order chi connectivity index (χ1) is 12.6. The average molecular weight is 386 g/mol. The summed E-state index contributed by atoms with van der Waals surface area (Å²) < 4.78 is 1.92. The number of aromatic nitrogens is 2. The monoisotopic (exact) mass is 385 g/mol. The molecule has 0 bridgehead atoms. The van der Waals surface area contributed by atoms with E-state index in [0.717, 1.165) is 27.5 Å². The van der Waals surface area contributed by atoms with Crippen molar-refractivity contribution in [2.24, 2.45) is 0 Å². The van der Waals surface area contributed by atoms with Gasteiger partial charge in [-0.25, -0.2) is 4.68 Å². The number of carbonyl (C=O) groups is 1. The number of nitrogens with zero attached hydrogens (tertiary/aromatic N) is 2. The van der Waals surface area contributed by atoms with Crippen molar-refractivity contribution in [2.75, 3.05) is 5.75 Å². The van der Waals surface area contributed by atoms with Gasteiger partial charge in [0.15, 0.2) is 0 Å². The van der Waals surface area contributed by atoms with Crippen molar-refractivity contribution < 1.29 is 4.79 Å². The van der Waals surface area contributed by atoms with Crippen LogP contribution in [0.2, 0.25) is 5.02 Å². The second kappa shape index (κ2) is 8.43. The van der Waals surface area contributed by atoms with Gasteiger partial charge in [-0.05, 0) is 37.6 Å². The standard InChI is InChI=1S/C20H20ClN3OS/c1-14-20(15(2)24(23-14)17-9-4-3-5-10-17)26-13-19(25)22-12-16-8-6-7-11-18(16)21/h3-11H,12-13H2,1-2H3,(H,22,25). The molecule has 26 heavy (non-hydrogen) atoms. The molecule has 134 valence electrons. The van der Waals surface area contributed by atoms with Crippen LogP contribution in [0.1, 0.15) is 17.0 Å². The van der Waals surface area contributed by atoms with Gasteiger partial charge in [-0.2, -0.15) is 5.10 Å². The molecule has 2 aromatic carbocycles. The van der Waals surface area contributed by atoms with Gasteiger partial charge in [0.05, 0.1) is 27.7 Å². The molecule has 0 aliphatic carbocycles. The summed E-state index contributed by atoms with van der Waals surface area (Å²) in [4.78, 5) is 13.2. The Balaban J connectivity index is 1.62. The number of thioether (sulfide) groups is 1. The summed E-state index contributed by atoms with van der Waals surface area (Å²) in [5, 5.41) is 8.19. The highest BCUT2D eigenvalue weighted by molar-refractivity contribution is 8.00. The molecule has 0 fully saturated rings. The summed E-state index contributed by atoms with van der Waals surface area (Å²) in [6.07, 6.45) is 0. The van der Waals surface area contributed by atoms with E-state index in [-0.39, 0.29) is 5.91 Å². The number of hydrogen-bond acceptors (Lipinski definition) is 3. The van der Waals surface area contributed by atoms with Crippen LogP contribution in [0.4, 0.5) is 0 Å². The number of rotatable bonds is 6. The number of para-hydroxylation sites is 1. The normalized spacial score (nSPS) is 10.7. The Morgan fingerprint density at radius 2 is 1.81 bits per heavy atom. The van der Waals surface area contributed by atoms with Gasteiger partial charge >= 0.3 is 0 Å². The van der Waals surface area contributed by atoms with Crippen LogP contribution in [0.3, 0.4) is 0 Å². The second-order valence-electron chi connectivity index (χ2n) is 5.90. The van der Waals surface area contributed by atoms with E-state index in [2.05, 4.69) is 10.4 Å². The van der Waals surface area contributed by atoms with Crippen molar-refractivity contribution in [1.29, 1.82) is 0 Å². The molecular formula is C20H20ClN3OS. The van der Waals surface area contributed by atoms with E-state index in [1.165, 1.54) is 11.8 Å². The van der Waals surface area contributed by atoms with Crippen molar-refractivity contribution in [1.82, 2.24) is 15.1 Å². The molecule has 0 saturated carbocycles. The number of benzene rings is 2. The van der Waals surface area contributed by atoms with E-state index in [1.807, 2.05) is 73.1 Å². The van der Waals surface area contributed by atoms with Gasteiger partial charge in [-0.1, -0.05) is 48.0 Å². The minimum Gasteiger partial charge on any atom is -0.351 e. The minimum absolute atomic E-state index is 0.0267. The quantitative estimate of drug-likeness (QED) is 0.633. The molecule has 0 saturated heterocycles. The molecule has 0 spiro atoms. The van der Waals surface area contributed by atoms with Crippen LogP contribution in [0.25, 0.3) is 5.69 Å². The van der Waals surface area contributed by atoms with Crippen LogP contribution in [0.15, 0.2) is 59.5 Å². The van der Waals surface area contributed by atoms with Crippen LogP contribution in [-0.2, 0) is 11.3 Å². The van der Waals surface area contributed by atoms with E-state index < -0.39 is 0 Å². The van der Waals surface area contributed by atoms with Gasteiger partial charge in [0.1, 0.15) is 0 Å². The van der Waals surface area contributed by atoms with E-state index in [9.17, 15) is 4.79 Å². The lowest BCUT2D eigenvalue weighted by Crippen LogP contribution is -2.24. The number of amides is 1. The predicted octanol–water partition coefficient (Wildman–Crippen LogP) is 4.55. The summed E-state index contributed by atoms with van der Waals surface area (Å²) in [5.41, 5.74) is 3.90. The van der Waals surface area contributed by atoms with E-state index in [0.29, 0.717) is 17.3 Å². The smallest absolute Gasteiger partial charge is 0.230 e. The molecule has 3 aromatic rings. The molecule has 0 atom stereocenters. The highest BCUT2D eigenvalue weighted by Crippen LogP contribution is 2.27. The van der Waals surface area contributed by atoms with Crippen molar-refractivity contribution in [3.8, 4) is 5.69 Å². The van der Waals surface area contributed by atoms with Crippen molar-refractivity contribution in [2.45, 2.75) is 25.3 Å². The Morgan fingerprint density at radius 1 is 1.12 bits per heavy atom. The molecule has 0 radical (unpaired) electrons. The minimum atomic E-state index is -0.0267. The molecule has 6 heteroatoms. The molecule has 0 aliphatic heterocycles. The highest BCUT2D eigenvalue weighted by Gasteiger charge is 2.14. The van der Waals surface area contributed by atoms with E-state index in [1.54, 1.807) is 0 Å². The summed E-state index contributed by atoms with van der Waals surface area (Å²) in [7, 11) is 0. The lowest BCUT2D eigenvalue weighted by molar-refractivity contribution is -0.118. The van der Waals surface area contributed by atoms with Gasteiger partial charge < -0.3 is 5.32 Å². The molecule has 1 amide bonds. The van der Waals surface area contributed by atoms with Gasteiger partial charge in [0.2, 0.25) is 5.91 Å². The van der Waals surface area contributed by atoms with Crippen LogP contribution in [-0.4, -0.2) is 21.4 Å². The fourth-order valence-electron chi connectivity index (χ4n) is 2.68. The zero-order chi connectivity index (χ0) is 18.5. The highest BCUT2D eigenvalue weighted by atomic mass is 35.5. The molecule has 4 nitrogen and oxygen atoms in total. The molecule has 1 heterocycles. The number of nitrogens with one attached hydrogen (secondary N) is 1. The largest absolute Gasteiger partial charge is 0.351 e. The third-order valence-corrected chi connectivity index (χ3v) is 5.66. The lowest BCUT2D eigenvalue weighted by Gasteiger charge is -2.07. The fourth-order valence-corrected chi connectivity index (χ4v) is 3.81. The maximum atomic E-state index is 12.2. The van der Waals surface area contributed by atoms with Gasteiger partial charge in [-0.3, -0.25) is 4.79 Å². The third kappa shape index (κ3) is 4.29. The molecule has 1 N–H and O–H groups in total. The van der Waals surface area contributed by atoms with Gasteiger partial charge in [0.25, 0.3) is 0 Å². The summed E-state index contributed by atoms with van der Waals surface area (Å²) >= 11 is 7.62. The molecule has 3 rings (SSSR count). The predicted molar refractivity (Wildman–Crippen MR) is 107 cm³/mol. The zero-order valence-corrected chi connectivity index (χ0v) is 16.3. The molecule has 1 aromatic heterocycles. The Morgan fingerprint density at radius 3 is 2.54 bits per heavy atom. The maximum Gasteiger partial charge on any atom is 0.230 e. The lowest BCUT2D eigenvalue weighted by atomic mass is 10.2. The first-order valence-corrected chi connectivity index (χ1v) is 9.67. The summed E-state index contributed by atoms with van der Waals surface area (Å²) in [6.45, 7) is 4.42. The van der Waals surface area contributed by atoms with E-state index in [4.69, 9.17) is 11.6 Å². The van der Waals surface area contributed by atoms with Crippen molar-refractivity contribution in [3.05, 3.63) is 76.6 Å². The molecule has 0 aliphatic rings. The van der Waals surface area contributed by atoms with Gasteiger partial charge in [-0.15, -0.1) is 11.8 Å². The number of aryl methyl sites for hydroxylation is 1. The fraction of sp³-hybridized carbons (Fsp3) is 0.200. The van der Waals surface area contributed by atoms with Crippen LogP contribution >= 0.6 is 23.4 Å². The van der Waals surface area contributed by atoms with Gasteiger partial charge in [0, 0.05) is 11.6 Å². The zero-order valence-electron chi connectivity index (χ0n) is 14.7. The first-order valence-electron chi connectivity index (χ1n) is 8.31. The number of hydrogen-bond donors (Lipinski definition) is 1. The van der Waals surface area contributed by atoms with Crippen LogP contribution in [0.5, 0.6) is 0 Å². The summed E-state index contributed by atoms with van der Waals surface area (Å²) in [6, 6.07) is 17.5.